The van der Waals surface area contributed by atoms with Crippen molar-refractivity contribution in [2.45, 2.75) is 33.6 Å². The molecule has 0 radical (unpaired) electrons. The number of nitrogens with zero attached hydrogens (tertiary/aromatic N) is 1. The minimum atomic E-state index is 0.909. The Bertz CT molecular complexity index is 1430. The van der Waals surface area contributed by atoms with E-state index in [1.807, 2.05) is 6.20 Å². The summed E-state index contributed by atoms with van der Waals surface area (Å²) in [6.07, 6.45) is 3.78. The smallest absolute Gasteiger partial charge is 0.0708 e. The maximum absolute atomic E-state index is 4.77. The Hall–Kier alpha value is -3.97. The fourth-order valence-corrected chi connectivity index (χ4v) is 5.13. The average molecular weight is 454 g/mol. The van der Waals surface area contributed by atoms with Crippen molar-refractivity contribution in [1.29, 1.82) is 0 Å². The number of aryl methyl sites for hydroxylation is 3. The predicted molar refractivity (Wildman–Crippen MR) is 148 cm³/mol. The van der Waals surface area contributed by atoms with Gasteiger partial charge in [0.25, 0.3) is 0 Å². The lowest BCUT2D eigenvalue weighted by molar-refractivity contribution is 1.09. The summed E-state index contributed by atoms with van der Waals surface area (Å²) in [5.74, 6) is 0. The lowest BCUT2D eigenvalue weighted by Gasteiger charge is -2.15. The van der Waals surface area contributed by atoms with Crippen molar-refractivity contribution in [3.8, 4) is 22.4 Å². The Morgan fingerprint density at radius 2 is 1.14 bits per heavy atom. The standard InChI is InChI=1S/C34H31N/c1-24-18-25(2)34(26(3)19-24)31-16-17-35-33(23-31)30-15-14-29(20-27-10-6-4-7-11-27)32(22-30)21-28-12-8-5-9-13-28/h4-19,22-23H,20-21H2,1-3H3. The highest BCUT2D eigenvalue weighted by molar-refractivity contribution is 5.75. The van der Waals surface area contributed by atoms with Crippen LogP contribution in [0.2, 0.25) is 0 Å². The Morgan fingerprint density at radius 3 is 1.77 bits per heavy atom. The third-order valence-corrected chi connectivity index (χ3v) is 6.70. The summed E-state index contributed by atoms with van der Waals surface area (Å²) in [5.41, 5.74) is 14.0. The largest absolute Gasteiger partial charge is 0.256 e. The van der Waals surface area contributed by atoms with Gasteiger partial charge in [0.15, 0.2) is 0 Å². The first-order valence-electron chi connectivity index (χ1n) is 12.3. The van der Waals surface area contributed by atoms with E-state index in [2.05, 4.69) is 124 Å². The molecule has 0 aliphatic heterocycles. The molecule has 35 heavy (non-hydrogen) atoms. The molecule has 0 atom stereocenters. The summed E-state index contributed by atoms with van der Waals surface area (Å²) < 4.78 is 0. The van der Waals surface area contributed by atoms with Crippen LogP contribution in [-0.2, 0) is 12.8 Å². The second kappa shape index (κ2) is 10.1. The van der Waals surface area contributed by atoms with Crippen LogP contribution in [-0.4, -0.2) is 4.98 Å². The van der Waals surface area contributed by atoms with Crippen molar-refractivity contribution in [2.24, 2.45) is 0 Å². The topological polar surface area (TPSA) is 12.9 Å². The van der Waals surface area contributed by atoms with Crippen molar-refractivity contribution in [1.82, 2.24) is 4.98 Å². The molecule has 0 bridgehead atoms. The molecule has 0 spiro atoms. The Kier molecular flexibility index (Phi) is 6.59. The minimum absolute atomic E-state index is 0.909. The van der Waals surface area contributed by atoms with E-state index in [9.17, 15) is 0 Å². The number of rotatable bonds is 6. The molecule has 0 unspecified atom stereocenters. The summed E-state index contributed by atoms with van der Waals surface area (Å²) in [7, 11) is 0. The highest BCUT2D eigenvalue weighted by Crippen LogP contribution is 2.32. The first-order chi connectivity index (χ1) is 17.1. The predicted octanol–water partition coefficient (Wildman–Crippen LogP) is 8.52. The summed E-state index contributed by atoms with van der Waals surface area (Å²) in [6.45, 7) is 6.56. The van der Waals surface area contributed by atoms with Gasteiger partial charge < -0.3 is 0 Å². The van der Waals surface area contributed by atoms with E-state index in [4.69, 9.17) is 4.98 Å². The average Bonchev–Trinajstić information content (AvgIpc) is 2.86. The van der Waals surface area contributed by atoms with Crippen molar-refractivity contribution in [2.75, 3.05) is 0 Å². The van der Waals surface area contributed by atoms with E-state index in [1.54, 1.807) is 0 Å². The molecule has 0 fully saturated rings. The van der Waals surface area contributed by atoms with Gasteiger partial charge in [-0.3, -0.25) is 4.98 Å². The molecule has 1 heterocycles. The second-order valence-corrected chi connectivity index (χ2v) is 9.51. The van der Waals surface area contributed by atoms with Crippen LogP contribution >= 0.6 is 0 Å². The fraction of sp³-hybridized carbons (Fsp3) is 0.147. The van der Waals surface area contributed by atoms with Crippen molar-refractivity contribution in [3.63, 3.8) is 0 Å². The van der Waals surface area contributed by atoms with Crippen molar-refractivity contribution >= 4 is 0 Å². The first kappa shape index (κ1) is 22.8. The van der Waals surface area contributed by atoms with E-state index in [-0.39, 0.29) is 0 Å². The molecule has 5 aromatic rings. The molecule has 1 nitrogen and oxygen atoms in total. The van der Waals surface area contributed by atoms with Gasteiger partial charge in [0.2, 0.25) is 0 Å². The quantitative estimate of drug-likeness (QED) is 0.251. The van der Waals surface area contributed by atoms with E-state index in [0.29, 0.717) is 0 Å². The normalized spacial score (nSPS) is 10.9. The molecule has 0 aliphatic rings. The van der Waals surface area contributed by atoms with Crippen LogP contribution in [0, 0.1) is 20.8 Å². The first-order valence-corrected chi connectivity index (χ1v) is 12.3. The lowest BCUT2D eigenvalue weighted by Crippen LogP contribution is -1.99. The van der Waals surface area contributed by atoms with Crippen LogP contribution in [0.15, 0.2) is 109 Å². The number of aromatic nitrogens is 1. The van der Waals surface area contributed by atoms with Gasteiger partial charge in [-0.15, -0.1) is 0 Å². The summed E-state index contributed by atoms with van der Waals surface area (Å²) in [5, 5.41) is 0. The Morgan fingerprint density at radius 1 is 0.543 bits per heavy atom. The second-order valence-electron chi connectivity index (χ2n) is 9.51. The lowest BCUT2D eigenvalue weighted by atomic mass is 9.91. The zero-order valence-corrected chi connectivity index (χ0v) is 20.8. The maximum Gasteiger partial charge on any atom is 0.0708 e. The number of pyridine rings is 1. The maximum atomic E-state index is 4.77. The van der Waals surface area contributed by atoms with Gasteiger partial charge in [-0.2, -0.15) is 0 Å². The number of benzene rings is 4. The molecule has 172 valence electrons. The minimum Gasteiger partial charge on any atom is -0.256 e. The molecule has 0 aliphatic carbocycles. The van der Waals surface area contributed by atoms with Gasteiger partial charge in [-0.05, 0) is 96.3 Å². The summed E-state index contributed by atoms with van der Waals surface area (Å²) >= 11 is 0. The molecule has 0 saturated carbocycles. The summed E-state index contributed by atoms with van der Waals surface area (Å²) in [4.78, 5) is 4.77. The van der Waals surface area contributed by atoms with Crippen molar-refractivity contribution in [3.05, 3.63) is 148 Å². The molecule has 1 heteroatoms. The molecule has 0 N–H and O–H groups in total. The monoisotopic (exact) mass is 453 g/mol. The van der Waals surface area contributed by atoms with Gasteiger partial charge >= 0.3 is 0 Å². The number of hydrogen-bond donors (Lipinski definition) is 0. The molecule has 4 aromatic carbocycles. The van der Waals surface area contributed by atoms with Crippen molar-refractivity contribution < 1.29 is 0 Å². The van der Waals surface area contributed by atoms with Gasteiger partial charge in [-0.1, -0.05) is 90.5 Å². The third-order valence-electron chi connectivity index (χ3n) is 6.70. The molecular weight excluding hydrogens is 422 g/mol. The Balaban J connectivity index is 1.55. The van der Waals surface area contributed by atoms with Gasteiger partial charge in [0.05, 0.1) is 5.69 Å². The van der Waals surface area contributed by atoms with Crippen LogP contribution in [0.1, 0.15) is 38.9 Å². The summed E-state index contributed by atoms with van der Waals surface area (Å²) in [6, 6.07) is 37.2. The Labute approximate surface area is 209 Å². The van der Waals surface area contributed by atoms with Crippen LogP contribution in [0.5, 0.6) is 0 Å². The number of hydrogen-bond acceptors (Lipinski definition) is 1. The fourth-order valence-electron chi connectivity index (χ4n) is 5.13. The van der Waals surface area contributed by atoms with E-state index >= 15 is 0 Å². The van der Waals surface area contributed by atoms with E-state index in [1.165, 1.54) is 50.1 Å². The van der Waals surface area contributed by atoms with Crippen LogP contribution in [0.3, 0.4) is 0 Å². The van der Waals surface area contributed by atoms with E-state index < -0.39 is 0 Å². The SMILES string of the molecule is Cc1cc(C)c(-c2ccnc(-c3ccc(Cc4ccccc4)c(Cc4ccccc4)c3)c2)c(C)c1. The van der Waals surface area contributed by atoms with Gasteiger partial charge in [-0.25, -0.2) is 0 Å². The molecular formula is C34H31N. The molecule has 0 amide bonds. The van der Waals surface area contributed by atoms with Crippen LogP contribution in [0.25, 0.3) is 22.4 Å². The highest BCUT2D eigenvalue weighted by Gasteiger charge is 2.12. The van der Waals surface area contributed by atoms with Crippen LogP contribution < -0.4 is 0 Å². The van der Waals surface area contributed by atoms with Gasteiger partial charge in [0.1, 0.15) is 0 Å². The highest BCUT2D eigenvalue weighted by atomic mass is 14.7. The third kappa shape index (κ3) is 5.25. The zero-order valence-electron chi connectivity index (χ0n) is 20.8. The van der Waals surface area contributed by atoms with E-state index in [0.717, 1.165) is 24.1 Å². The van der Waals surface area contributed by atoms with Crippen LogP contribution in [0.4, 0.5) is 0 Å². The molecule has 0 saturated heterocycles. The zero-order chi connectivity index (χ0) is 24.2. The molecule has 1 aromatic heterocycles. The molecule has 5 rings (SSSR count). The van der Waals surface area contributed by atoms with Gasteiger partial charge in [0, 0.05) is 11.8 Å².